The molecule has 3 heteroatoms. The first-order valence-electron chi connectivity index (χ1n) is 6.28. The van der Waals surface area contributed by atoms with Crippen LogP contribution in [0.5, 0.6) is 0 Å². The number of nitrogens with zero attached hydrogens (tertiary/aromatic N) is 1. The van der Waals surface area contributed by atoms with Gasteiger partial charge in [0.1, 0.15) is 0 Å². The van der Waals surface area contributed by atoms with Crippen LogP contribution in [0.4, 0.5) is 0 Å². The van der Waals surface area contributed by atoms with Crippen LogP contribution in [0.2, 0.25) is 0 Å². The van der Waals surface area contributed by atoms with Gasteiger partial charge in [0.2, 0.25) is 0 Å². The molecule has 0 atom stereocenters. The van der Waals surface area contributed by atoms with Crippen LogP contribution in [0, 0.1) is 6.92 Å². The molecule has 0 fully saturated rings. The van der Waals surface area contributed by atoms with Gasteiger partial charge < -0.3 is 10.2 Å². The molecule has 0 heterocycles. The van der Waals surface area contributed by atoms with Gasteiger partial charge >= 0.3 is 0 Å². The second-order valence-electron chi connectivity index (χ2n) is 4.51. The van der Waals surface area contributed by atoms with Gasteiger partial charge in [0.15, 0.2) is 0 Å². The zero-order valence-corrected chi connectivity index (χ0v) is 12.7. The second-order valence-corrected chi connectivity index (χ2v) is 5.37. The Kier molecular flexibility index (Phi) is 6.78. The number of hydrogen-bond acceptors (Lipinski definition) is 2. The lowest BCUT2D eigenvalue weighted by Gasteiger charge is -2.18. The minimum absolute atomic E-state index is 1.01. The molecule has 0 aliphatic rings. The molecule has 0 aliphatic carbocycles. The fraction of sp³-hybridized carbons (Fsp3) is 0.571. The highest BCUT2D eigenvalue weighted by molar-refractivity contribution is 9.10. The Balaban J connectivity index is 2.39. The first-order valence-corrected chi connectivity index (χ1v) is 7.07. The third-order valence-electron chi connectivity index (χ3n) is 2.92. The number of halogens is 1. The molecule has 0 saturated carbocycles. The minimum Gasteiger partial charge on any atom is -0.315 e. The highest BCUT2D eigenvalue weighted by Crippen LogP contribution is 2.20. The molecule has 17 heavy (non-hydrogen) atoms. The molecule has 0 amide bonds. The van der Waals surface area contributed by atoms with Crippen LogP contribution in [0.3, 0.4) is 0 Å². The number of rotatable bonds is 7. The molecule has 0 spiro atoms. The summed E-state index contributed by atoms with van der Waals surface area (Å²) in [7, 11) is 2.17. The second kappa shape index (κ2) is 7.85. The molecule has 0 aromatic heterocycles. The summed E-state index contributed by atoms with van der Waals surface area (Å²) >= 11 is 3.58. The predicted octanol–water partition coefficient (Wildman–Crippen LogP) is 3.19. The van der Waals surface area contributed by atoms with Crippen LogP contribution >= 0.6 is 15.9 Å². The largest absolute Gasteiger partial charge is 0.315 e. The van der Waals surface area contributed by atoms with Crippen molar-refractivity contribution in [2.45, 2.75) is 26.8 Å². The van der Waals surface area contributed by atoms with E-state index >= 15 is 0 Å². The first kappa shape index (κ1) is 14.7. The Morgan fingerprint density at radius 3 is 2.76 bits per heavy atom. The topological polar surface area (TPSA) is 15.3 Å². The summed E-state index contributed by atoms with van der Waals surface area (Å²) in [4.78, 5) is 2.36. The maximum absolute atomic E-state index is 3.58. The third kappa shape index (κ3) is 5.19. The van der Waals surface area contributed by atoms with Gasteiger partial charge in [0, 0.05) is 24.1 Å². The predicted molar refractivity (Wildman–Crippen MR) is 78.4 cm³/mol. The van der Waals surface area contributed by atoms with Crippen molar-refractivity contribution < 1.29 is 0 Å². The van der Waals surface area contributed by atoms with Crippen LogP contribution in [0.1, 0.15) is 24.5 Å². The van der Waals surface area contributed by atoms with E-state index in [9.17, 15) is 0 Å². The highest BCUT2D eigenvalue weighted by Gasteiger charge is 2.04. The van der Waals surface area contributed by atoms with Gasteiger partial charge in [0.05, 0.1) is 0 Å². The van der Waals surface area contributed by atoms with E-state index in [2.05, 4.69) is 65.2 Å². The number of hydrogen-bond donors (Lipinski definition) is 1. The summed E-state index contributed by atoms with van der Waals surface area (Å²) in [6, 6.07) is 6.41. The van der Waals surface area contributed by atoms with Crippen LogP contribution < -0.4 is 5.32 Å². The lowest BCUT2D eigenvalue weighted by molar-refractivity contribution is 0.324. The molecule has 1 N–H and O–H groups in total. The van der Waals surface area contributed by atoms with Crippen molar-refractivity contribution in [3.05, 3.63) is 33.8 Å². The Bertz CT molecular complexity index is 339. The monoisotopic (exact) mass is 298 g/mol. The minimum atomic E-state index is 1.01. The average molecular weight is 299 g/mol. The Labute approximate surface area is 114 Å². The molecule has 96 valence electrons. The summed E-state index contributed by atoms with van der Waals surface area (Å²) < 4.78 is 1.20. The van der Waals surface area contributed by atoms with Gasteiger partial charge in [0.25, 0.3) is 0 Å². The van der Waals surface area contributed by atoms with Gasteiger partial charge in [-0.15, -0.1) is 0 Å². The van der Waals surface area contributed by atoms with E-state index in [1.165, 1.54) is 22.0 Å². The molecule has 0 radical (unpaired) electrons. The molecule has 1 aromatic carbocycles. The summed E-state index contributed by atoms with van der Waals surface area (Å²) in [5, 5.41) is 3.43. The molecule has 1 aromatic rings. The van der Waals surface area contributed by atoms with Crippen molar-refractivity contribution in [3.8, 4) is 0 Å². The van der Waals surface area contributed by atoms with Gasteiger partial charge in [-0.3, -0.25) is 0 Å². The maximum Gasteiger partial charge on any atom is 0.0234 e. The molecular formula is C14H23BrN2. The maximum atomic E-state index is 3.58. The van der Waals surface area contributed by atoms with E-state index in [4.69, 9.17) is 0 Å². The number of nitrogens with one attached hydrogen (secondary N) is 1. The Hall–Kier alpha value is -0.380. The zero-order valence-electron chi connectivity index (χ0n) is 11.1. The van der Waals surface area contributed by atoms with Gasteiger partial charge in [-0.25, -0.2) is 0 Å². The molecule has 0 bridgehead atoms. The molecular weight excluding hydrogens is 276 g/mol. The van der Waals surface area contributed by atoms with Crippen molar-refractivity contribution in [3.63, 3.8) is 0 Å². The average Bonchev–Trinajstić information content (AvgIpc) is 2.31. The standard InChI is InChI=1S/C14H23BrN2/c1-4-8-16-9-10-17(3)11-13-6-5-7-14(15)12(13)2/h5-7,16H,4,8-11H2,1-3H3. The van der Waals surface area contributed by atoms with E-state index in [0.717, 1.165) is 26.2 Å². The van der Waals surface area contributed by atoms with Crippen molar-refractivity contribution in [2.75, 3.05) is 26.7 Å². The number of benzene rings is 1. The Morgan fingerprint density at radius 2 is 2.06 bits per heavy atom. The van der Waals surface area contributed by atoms with Gasteiger partial charge in [-0.05, 0) is 44.1 Å². The van der Waals surface area contributed by atoms with E-state index < -0.39 is 0 Å². The molecule has 0 aliphatic heterocycles. The summed E-state index contributed by atoms with van der Waals surface area (Å²) in [5.74, 6) is 0. The molecule has 1 rings (SSSR count). The van der Waals surface area contributed by atoms with Crippen molar-refractivity contribution in [2.24, 2.45) is 0 Å². The first-order chi connectivity index (χ1) is 8.15. The van der Waals surface area contributed by atoms with Gasteiger partial charge in [-0.1, -0.05) is 35.0 Å². The fourth-order valence-electron chi connectivity index (χ4n) is 1.76. The van der Waals surface area contributed by atoms with Crippen LogP contribution in [0.15, 0.2) is 22.7 Å². The van der Waals surface area contributed by atoms with Crippen LogP contribution in [0.25, 0.3) is 0 Å². The van der Waals surface area contributed by atoms with E-state index in [0.29, 0.717) is 0 Å². The van der Waals surface area contributed by atoms with Crippen LogP contribution in [-0.2, 0) is 6.54 Å². The fourth-order valence-corrected chi connectivity index (χ4v) is 2.17. The normalized spacial score (nSPS) is 11.1. The molecule has 2 nitrogen and oxygen atoms in total. The lowest BCUT2D eigenvalue weighted by Crippen LogP contribution is -2.29. The van der Waals surface area contributed by atoms with E-state index in [-0.39, 0.29) is 0 Å². The van der Waals surface area contributed by atoms with Crippen molar-refractivity contribution >= 4 is 15.9 Å². The van der Waals surface area contributed by atoms with E-state index in [1.54, 1.807) is 0 Å². The van der Waals surface area contributed by atoms with E-state index in [1.807, 2.05) is 0 Å². The third-order valence-corrected chi connectivity index (χ3v) is 3.78. The molecule has 0 saturated heterocycles. The highest BCUT2D eigenvalue weighted by atomic mass is 79.9. The summed E-state index contributed by atoms with van der Waals surface area (Å²) in [5.41, 5.74) is 2.75. The lowest BCUT2D eigenvalue weighted by atomic mass is 10.1. The van der Waals surface area contributed by atoms with Crippen molar-refractivity contribution in [1.29, 1.82) is 0 Å². The van der Waals surface area contributed by atoms with Crippen molar-refractivity contribution in [1.82, 2.24) is 10.2 Å². The summed E-state index contributed by atoms with van der Waals surface area (Å²) in [6.07, 6.45) is 1.20. The molecule has 0 unspecified atom stereocenters. The SMILES string of the molecule is CCCNCCN(C)Cc1cccc(Br)c1C. The Morgan fingerprint density at radius 1 is 1.29 bits per heavy atom. The quantitative estimate of drug-likeness (QED) is 0.778. The smallest absolute Gasteiger partial charge is 0.0234 e. The summed E-state index contributed by atoms with van der Waals surface area (Å²) in [6.45, 7) is 8.65. The van der Waals surface area contributed by atoms with Crippen LogP contribution in [-0.4, -0.2) is 31.6 Å². The zero-order chi connectivity index (χ0) is 12.7. The number of likely N-dealkylation sites (N-methyl/N-ethyl adjacent to an activating group) is 1. The van der Waals surface area contributed by atoms with Gasteiger partial charge in [-0.2, -0.15) is 0 Å².